The highest BCUT2D eigenvalue weighted by Gasteiger charge is 2.27. The molecule has 1 amide bonds. The molecule has 104 valence electrons. The molecule has 5 nitrogen and oxygen atoms in total. The Morgan fingerprint density at radius 2 is 1.90 bits per heavy atom. The van der Waals surface area contributed by atoms with Crippen LogP contribution in [0.1, 0.15) is 21.5 Å². The van der Waals surface area contributed by atoms with Crippen LogP contribution in [0.4, 0.5) is 11.4 Å². The lowest BCUT2D eigenvalue weighted by molar-refractivity contribution is -0.110. The van der Waals surface area contributed by atoms with Gasteiger partial charge in [-0.3, -0.25) is 4.79 Å². The van der Waals surface area contributed by atoms with Gasteiger partial charge in [0.25, 0.3) is 5.91 Å². The summed E-state index contributed by atoms with van der Waals surface area (Å²) in [6, 6.07) is 11.9. The molecule has 0 atom stereocenters. The monoisotopic (exact) mass is 280 g/mol. The number of nitrogens with zero attached hydrogens (tertiary/aromatic N) is 1. The molecule has 0 saturated carbocycles. The predicted octanol–water partition coefficient (Wildman–Crippen LogP) is 2.77. The van der Waals surface area contributed by atoms with Gasteiger partial charge in [0, 0.05) is 5.56 Å². The topological polar surface area (TPSA) is 78.8 Å². The number of fused-ring (bicyclic) bond motifs is 1. The van der Waals surface area contributed by atoms with E-state index in [0.717, 1.165) is 11.3 Å². The molecule has 1 aliphatic rings. The van der Waals surface area contributed by atoms with E-state index >= 15 is 0 Å². The van der Waals surface area contributed by atoms with Crippen molar-refractivity contribution in [2.45, 2.75) is 6.92 Å². The van der Waals surface area contributed by atoms with Gasteiger partial charge in [0.2, 0.25) is 0 Å². The normalized spacial score (nSPS) is 14.9. The van der Waals surface area contributed by atoms with Crippen LogP contribution in [0, 0.1) is 6.92 Å². The Hall–Kier alpha value is -2.95. The van der Waals surface area contributed by atoms with Crippen LogP contribution >= 0.6 is 0 Å². The Bertz CT molecular complexity index is 794. The van der Waals surface area contributed by atoms with Gasteiger partial charge in [-0.2, -0.15) is 0 Å². The van der Waals surface area contributed by atoms with Gasteiger partial charge in [-0.15, -0.1) is 0 Å². The van der Waals surface area contributed by atoms with Gasteiger partial charge in [-0.05, 0) is 24.6 Å². The molecule has 0 radical (unpaired) electrons. The molecule has 0 spiro atoms. The molecule has 0 fully saturated rings. The Labute approximate surface area is 121 Å². The number of carboxylic acids is 1. The van der Waals surface area contributed by atoms with Crippen LogP contribution in [0.25, 0.3) is 0 Å². The van der Waals surface area contributed by atoms with Crippen LogP contribution in [0.15, 0.2) is 47.5 Å². The van der Waals surface area contributed by atoms with Gasteiger partial charge in [0.05, 0.1) is 16.9 Å². The number of carbonyl (C=O) groups excluding carboxylic acids is 1. The molecule has 2 aromatic carbocycles. The number of hydrogen-bond acceptors (Lipinski definition) is 3. The number of amides is 1. The predicted molar refractivity (Wildman–Crippen MR) is 79.4 cm³/mol. The van der Waals surface area contributed by atoms with Gasteiger partial charge < -0.3 is 10.4 Å². The molecule has 2 N–H and O–H groups in total. The highest BCUT2D eigenvalue weighted by Crippen LogP contribution is 2.29. The molecule has 0 bridgehead atoms. The number of aliphatic imine (C=N–C) groups is 1. The zero-order chi connectivity index (χ0) is 15.0. The minimum atomic E-state index is -1.07. The summed E-state index contributed by atoms with van der Waals surface area (Å²) < 4.78 is 0. The summed E-state index contributed by atoms with van der Waals surface area (Å²) in [5, 5.41) is 11.9. The highest BCUT2D eigenvalue weighted by atomic mass is 16.4. The number of rotatable bonds is 2. The van der Waals surface area contributed by atoms with E-state index in [0.29, 0.717) is 5.56 Å². The van der Waals surface area contributed by atoms with Gasteiger partial charge in [-0.25, -0.2) is 9.79 Å². The minimum Gasteiger partial charge on any atom is -0.478 e. The first-order valence-electron chi connectivity index (χ1n) is 6.40. The van der Waals surface area contributed by atoms with E-state index in [1.807, 2.05) is 19.1 Å². The highest BCUT2D eigenvalue weighted by molar-refractivity contribution is 6.54. The molecule has 0 aromatic heterocycles. The van der Waals surface area contributed by atoms with Gasteiger partial charge in [0.15, 0.2) is 0 Å². The summed E-state index contributed by atoms with van der Waals surface area (Å²) in [6.07, 6.45) is 0. The molecule has 1 heterocycles. The van der Waals surface area contributed by atoms with Crippen molar-refractivity contribution in [1.82, 2.24) is 0 Å². The lowest BCUT2D eigenvalue weighted by Crippen LogP contribution is -2.14. The van der Waals surface area contributed by atoms with E-state index in [4.69, 9.17) is 0 Å². The van der Waals surface area contributed by atoms with Crippen molar-refractivity contribution in [1.29, 1.82) is 0 Å². The Kier molecular flexibility index (Phi) is 3.02. The maximum atomic E-state index is 12.1. The molecule has 2 aromatic rings. The number of benzene rings is 2. The minimum absolute atomic E-state index is 0.0684. The van der Waals surface area contributed by atoms with Crippen molar-refractivity contribution in [3.63, 3.8) is 0 Å². The second-order valence-electron chi connectivity index (χ2n) is 4.73. The number of anilines is 1. The maximum Gasteiger partial charge on any atom is 0.337 e. The molecule has 0 saturated heterocycles. The fraction of sp³-hybridized carbons (Fsp3) is 0.0625. The first-order chi connectivity index (χ1) is 10.1. The third-order valence-corrected chi connectivity index (χ3v) is 3.35. The van der Waals surface area contributed by atoms with Crippen molar-refractivity contribution in [3.05, 3.63) is 59.2 Å². The Morgan fingerprint density at radius 3 is 2.67 bits per heavy atom. The second kappa shape index (κ2) is 4.86. The quantitative estimate of drug-likeness (QED) is 0.887. The Morgan fingerprint density at radius 1 is 1.14 bits per heavy atom. The fourth-order valence-corrected chi connectivity index (χ4v) is 2.31. The van der Waals surface area contributed by atoms with Crippen LogP contribution in [0.3, 0.4) is 0 Å². The zero-order valence-electron chi connectivity index (χ0n) is 11.3. The van der Waals surface area contributed by atoms with E-state index in [-0.39, 0.29) is 22.9 Å². The molecule has 0 unspecified atom stereocenters. The largest absolute Gasteiger partial charge is 0.478 e. The van der Waals surface area contributed by atoms with E-state index in [2.05, 4.69) is 10.3 Å². The maximum absolute atomic E-state index is 12.1. The zero-order valence-corrected chi connectivity index (χ0v) is 11.3. The number of carboxylic acid groups (broad SMARTS) is 1. The van der Waals surface area contributed by atoms with E-state index < -0.39 is 5.97 Å². The van der Waals surface area contributed by atoms with Crippen LogP contribution in [0.2, 0.25) is 0 Å². The van der Waals surface area contributed by atoms with E-state index in [1.54, 1.807) is 24.3 Å². The molecule has 1 aliphatic heterocycles. The number of aromatic carboxylic acids is 1. The first-order valence-corrected chi connectivity index (χ1v) is 6.40. The summed E-state index contributed by atoms with van der Waals surface area (Å²) in [5.74, 6) is -1.39. The summed E-state index contributed by atoms with van der Waals surface area (Å²) in [4.78, 5) is 27.6. The van der Waals surface area contributed by atoms with Gasteiger partial charge in [-0.1, -0.05) is 30.3 Å². The lowest BCUT2D eigenvalue weighted by Gasteiger charge is -2.02. The third kappa shape index (κ3) is 2.18. The van der Waals surface area contributed by atoms with Crippen molar-refractivity contribution < 1.29 is 14.7 Å². The summed E-state index contributed by atoms with van der Waals surface area (Å²) in [7, 11) is 0. The molecule has 5 heteroatoms. The van der Waals surface area contributed by atoms with E-state index in [1.165, 1.54) is 6.07 Å². The number of aryl methyl sites for hydroxylation is 1. The molecule has 3 rings (SSSR count). The van der Waals surface area contributed by atoms with Crippen LogP contribution < -0.4 is 5.32 Å². The molecular formula is C16H12N2O3. The first kappa shape index (κ1) is 13.1. The SMILES string of the molecule is Cc1cccc2c1NC(=O)C2=Nc1ccccc1C(=O)O. The standard InChI is InChI=1S/C16H12N2O3/c1-9-5-4-7-11-13(9)18-15(19)14(11)17-12-8-3-2-6-10(12)16(20)21/h2-8H,1H3,(H,20,21)(H,17,18,19). The van der Waals surface area contributed by atoms with Crippen LogP contribution in [-0.2, 0) is 4.79 Å². The number of para-hydroxylation sites is 2. The number of hydrogen-bond donors (Lipinski definition) is 2. The van der Waals surface area contributed by atoms with Gasteiger partial charge in [0.1, 0.15) is 5.71 Å². The van der Waals surface area contributed by atoms with E-state index in [9.17, 15) is 14.7 Å². The molecular weight excluding hydrogens is 268 g/mol. The summed E-state index contributed by atoms with van der Waals surface area (Å²) in [5.41, 5.74) is 2.94. The van der Waals surface area contributed by atoms with Crippen molar-refractivity contribution >= 4 is 29.0 Å². The fourth-order valence-electron chi connectivity index (χ4n) is 2.31. The van der Waals surface area contributed by atoms with Crippen LogP contribution in [0.5, 0.6) is 0 Å². The van der Waals surface area contributed by atoms with Gasteiger partial charge >= 0.3 is 5.97 Å². The smallest absolute Gasteiger partial charge is 0.337 e. The molecule has 0 aliphatic carbocycles. The molecule has 21 heavy (non-hydrogen) atoms. The number of nitrogens with one attached hydrogen (secondary N) is 1. The lowest BCUT2D eigenvalue weighted by atomic mass is 10.1. The average molecular weight is 280 g/mol. The Balaban J connectivity index is 2.16. The van der Waals surface area contributed by atoms with Crippen LogP contribution in [-0.4, -0.2) is 22.7 Å². The third-order valence-electron chi connectivity index (χ3n) is 3.35. The summed E-state index contributed by atoms with van der Waals surface area (Å²) >= 11 is 0. The number of carbonyl (C=O) groups is 2. The van der Waals surface area contributed by atoms with Crippen molar-refractivity contribution in [2.75, 3.05) is 5.32 Å². The average Bonchev–Trinajstić information content (AvgIpc) is 2.78. The summed E-state index contributed by atoms with van der Waals surface area (Å²) in [6.45, 7) is 1.90. The van der Waals surface area contributed by atoms with Crippen molar-refractivity contribution in [2.24, 2.45) is 4.99 Å². The van der Waals surface area contributed by atoms with Crippen molar-refractivity contribution in [3.8, 4) is 0 Å². The second-order valence-corrected chi connectivity index (χ2v) is 4.73.